The highest BCUT2D eigenvalue weighted by Crippen LogP contribution is 2.45. The number of nitrogens with zero attached hydrogens (tertiary/aromatic N) is 2. The number of benzene rings is 1. The maximum Gasteiger partial charge on any atom is 0.223 e. The summed E-state index contributed by atoms with van der Waals surface area (Å²) in [6.45, 7) is 3.69. The van der Waals surface area contributed by atoms with Crippen LogP contribution >= 0.6 is 11.6 Å². The Kier molecular flexibility index (Phi) is 7.20. The first-order valence-electron chi connectivity index (χ1n) is 13.7. The van der Waals surface area contributed by atoms with Crippen LogP contribution in [0.25, 0.3) is 0 Å². The first-order chi connectivity index (χ1) is 18.5. The second-order valence-corrected chi connectivity index (χ2v) is 11.3. The van der Waals surface area contributed by atoms with Crippen LogP contribution in [-0.4, -0.2) is 61.3 Å². The zero-order chi connectivity index (χ0) is 26.2. The average molecular weight is 538 g/mol. The number of allylic oxidation sites excluding steroid dienone is 1. The zero-order valence-corrected chi connectivity index (χ0v) is 22.5. The lowest BCUT2D eigenvalue weighted by Crippen LogP contribution is -2.43. The van der Waals surface area contributed by atoms with Gasteiger partial charge in [-0.05, 0) is 61.1 Å². The van der Waals surface area contributed by atoms with Gasteiger partial charge >= 0.3 is 0 Å². The molecule has 2 aromatic rings. The summed E-state index contributed by atoms with van der Waals surface area (Å²) in [5.41, 5.74) is 10.0. The van der Waals surface area contributed by atoms with Gasteiger partial charge < -0.3 is 25.8 Å². The molecule has 0 radical (unpaired) electrons. The third-order valence-electron chi connectivity index (χ3n) is 8.83. The van der Waals surface area contributed by atoms with Gasteiger partial charge in [0, 0.05) is 31.2 Å². The molecule has 0 unspecified atom stereocenters. The van der Waals surface area contributed by atoms with E-state index in [1.807, 2.05) is 6.07 Å². The molecular weight excluding hydrogens is 502 g/mol. The van der Waals surface area contributed by atoms with E-state index in [0.29, 0.717) is 16.9 Å². The molecule has 8 nitrogen and oxygen atoms in total. The lowest BCUT2D eigenvalue weighted by atomic mass is 9.88. The van der Waals surface area contributed by atoms with Gasteiger partial charge in [-0.1, -0.05) is 29.8 Å². The van der Waals surface area contributed by atoms with Crippen LogP contribution in [0.15, 0.2) is 36.5 Å². The van der Waals surface area contributed by atoms with Crippen LogP contribution in [0, 0.1) is 17.8 Å². The molecular formula is C29H36ClN5O3. The van der Waals surface area contributed by atoms with Gasteiger partial charge in [0.15, 0.2) is 0 Å². The highest BCUT2D eigenvalue weighted by atomic mass is 35.5. The van der Waals surface area contributed by atoms with Crippen molar-refractivity contribution in [3.05, 3.63) is 52.7 Å². The number of pyridine rings is 1. The molecule has 0 spiro atoms. The minimum Gasteiger partial charge on any atom is -0.494 e. The summed E-state index contributed by atoms with van der Waals surface area (Å²) in [5, 5.41) is 7.48. The molecule has 4 aliphatic rings. The van der Waals surface area contributed by atoms with E-state index in [1.54, 1.807) is 13.3 Å². The number of aryl methyl sites for hydroxylation is 1. The van der Waals surface area contributed by atoms with E-state index in [-0.39, 0.29) is 29.7 Å². The fourth-order valence-corrected chi connectivity index (χ4v) is 7.09. The molecule has 9 heteroatoms. The number of nitrogens with one attached hydrogen (secondary N) is 2. The normalized spacial score (nSPS) is 28.5. The Morgan fingerprint density at radius 1 is 1.16 bits per heavy atom. The lowest BCUT2D eigenvalue weighted by Gasteiger charge is -2.34. The Morgan fingerprint density at radius 3 is 2.74 bits per heavy atom. The Morgan fingerprint density at radius 2 is 1.95 bits per heavy atom. The summed E-state index contributed by atoms with van der Waals surface area (Å²) in [7, 11) is 1.74. The van der Waals surface area contributed by atoms with Crippen LogP contribution in [0.3, 0.4) is 0 Å². The van der Waals surface area contributed by atoms with Crippen molar-refractivity contribution in [1.82, 2.24) is 9.88 Å². The van der Waals surface area contributed by atoms with Crippen LogP contribution in [0.4, 0.5) is 17.2 Å². The second kappa shape index (κ2) is 10.8. The maximum atomic E-state index is 12.2. The van der Waals surface area contributed by atoms with Gasteiger partial charge in [-0.2, -0.15) is 0 Å². The van der Waals surface area contributed by atoms with Crippen molar-refractivity contribution in [1.29, 1.82) is 0 Å². The standard InChI is InChI=1S/C29H36ClN5O3/c1-37-28-21-8-7-20(35-10-12-38-13-11-35)6-4-17(21)5-9-23(28)33-25-15-24(22(30)16-32-25)34-27-19-3-2-18(14-19)26(27)29(31)36/h2-3,5,9,15-16,18-20,26-27H,4,6-8,10-14H2,1H3,(H2,31,36)(H2,32,33,34)/t18-,19+,20+,26+,27-/m1/s1. The molecule has 38 heavy (non-hydrogen) atoms. The van der Waals surface area contributed by atoms with Gasteiger partial charge in [0.2, 0.25) is 5.91 Å². The number of aromatic nitrogens is 1. The van der Waals surface area contributed by atoms with Gasteiger partial charge in [0.25, 0.3) is 0 Å². The molecule has 1 amide bonds. The smallest absolute Gasteiger partial charge is 0.223 e. The number of methoxy groups -OCH3 is 1. The largest absolute Gasteiger partial charge is 0.494 e. The van der Waals surface area contributed by atoms with Crippen molar-refractivity contribution in [2.75, 3.05) is 44.0 Å². The molecule has 4 N–H and O–H groups in total. The van der Waals surface area contributed by atoms with Gasteiger partial charge in [0.05, 0.1) is 48.8 Å². The minimum absolute atomic E-state index is 0.0725. The third kappa shape index (κ3) is 4.85. The van der Waals surface area contributed by atoms with Crippen LogP contribution < -0.4 is 21.1 Å². The molecule has 6 rings (SSSR count). The molecule has 1 saturated carbocycles. The summed E-state index contributed by atoms with van der Waals surface area (Å²) in [4.78, 5) is 19.3. The lowest BCUT2D eigenvalue weighted by molar-refractivity contribution is -0.122. The van der Waals surface area contributed by atoms with Crippen LogP contribution in [0.2, 0.25) is 5.02 Å². The van der Waals surface area contributed by atoms with Gasteiger partial charge in [-0.3, -0.25) is 9.69 Å². The molecule has 1 saturated heterocycles. The number of carbonyl (C=O) groups is 1. The molecule has 1 aliphatic heterocycles. The summed E-state index contributed by atoms with van der Waals surface area (Å²) < 4.78 is 11.5. The number of halogens is 1. The predicted molar refractivity (Wildman–Crippen MR) is 149 cm³/mol. The zero-order valence-electron chi connectivity index (χ0n) is 21.8. The number of fused-ring (bicyclic) bond motifs is 3. The van der Waals surface area contributed by atoms with Crippen molar-refractivity contribution in [3.8, 4) is 5.75 Å². The topological polar surface area (TPSA) is 102 Å². The van der Waals surface area contributed by atoms with Crippen LogP contribution in [0.1, 0.15) is 30.4 Å². The Balaban J connectivity index is 1.21. The van der Waals surface area contributed by atoms with E-state index in [2.05, 4.69) is 44.8 Å². The fraction of sp³-hybridized carbons (Fsp3) is 0.517. The summed E-state index contributed by atoms with van der Waals surface area (Å²) >= 11 is 6.53. The monoisotopic (exact) mass is 537 g/mol. The fourth-order valence-electron chi connectivity index (χ4n) is 6.94. The molecule has 2 bridgehead atoms. The van der Waals surface area contributed by atoms with E-state index in [4.69, 9.17) is 26.8 Å². The van der Waals surface area contributed by atoms with Gasteiger partial charge in [-0.25, -0.2) is 4.98 Å². The van der Waals surface area contributed by atoms with Gasteiger partial charge in [0.1, 0.15) is 11.6 Å². The Bertz CT molecular complexity index is 1230. The van der Waals surface area contributed by atoms with Crippen molar-refractivity contribution in [2.45, 2.75) is 44.2 Å². The van der Waals surface area contributed by atoms with Crippen molar-refractivity contribution >= 4 is 34.7 Å². The minimum atomic E-state index is -0.270. The SMILES string of the molecule is COc1c(Nc2cc(N[C@H]3[C@@H](C(N)=O)[C@@H]4C=C[C@H]3C4)c(Cl)cn2)ccc2c1CC[C@@H](N1CCOCC1)CC2. The number of morpholine rings is 1. The first-order valence-corrected chi connectivity index (χ1v) is 14.1. The second-order valence-electron chi connectivity index (χ2n) is 10.9. The molecule has 202 valence electrons. The predicted octanol–water partition coefficient (Wildman–Crippen LogP) is 4.15. The molecule has 3 aliphatic carbocycles. The van der Waals surface area contributed by atoms with E-state index >= 15 is 0 Å². The number of hydrogen-bond donors (Lipinski definition) is 3. The van der Waals surface area contributed by atoms with E-state index in [9.17, 15) is 4.79 Å². The van der Waals surface area contributed by atoms with E-state index < -0.39 is 0 Å². The van der Waals surface area contributed by atoms with Crippen LogP contribution in [-0.2, 0) is 22.4 Å². The average Bonchev–Trinajstić information content (AvgIpc) is 3.46. The Hall–Kier alpha value is -2.81. The summed E-state index contributed by atoms with van der Waals surface area (Å²) in [6.07, 6.45) is 11.2. The summed E-state index contributed by atoms with van der Waals surface area (Å²) in [5.74, 6) is 1.49. The van der Waals surface area contributed by atoms with Crippen molar-refractivity contribution < 1.29 is 14.3 Å². The first kappa shape index (κ1) is 25.5. The number of rotatable bonds is 7. The molecule has 1 aromatic carbocycles. The number of ether oxygens (including phenoxy) is 2. The highest BCUT2D eigenvalue weighted by molar-refractivity contribution is 6.33. The number of anilines is 3. The quantitative estimate of drug-likeness (QED) is 0.360. The highest BCUT2D eigenvalue weighted by Gasteiger charge is 2.47. The number of nitrogens with two attached hydrogens (primary N) is 1. The number of amides is 1. The maximum absolute atomic E-state index is 12.2. The van der Waals surface area contributed by atoms with E-state index in [0.717, 1.165) is 75.5 Å². The molecule has 1 aromatic heterocycles. The van der Waals surface area contributed by atoms with Crippen LogP contribution in [0.5, 0.6) is 5.75 Å². The van der Waals surface area contributed by atoms with Crippen molar-refractivity contribution in [2.24, 2.45) is 23.5 Å². The summed E-state index contributed by atoms with van der Waals surface area (Å²) in [6, 6.07) is 6.70. The van der Waals surface area contributed by atoms with Gasteiger partial charge in [-0.15, -0.1) is 0 Å². The number of primary amides is 1. The number of carbonyl (C=O) groups excluding carboxylic acids is 1. The Labute approximate surface area is 228 Å². The number of hydrogen-bond acceptors (Lipinski definition) is 7. The third-order valence-corrected chi connectivity index (χ3v) is 9.13. The molecule has 5 atom stereocenters. The van der Waals surface area contributed by atoms with E-state index in [1.165, 1.54) is 11.1 Å². The molecule has 2 fully saturated rings. The van der Waals surface area contributed by atoms with Crippen molar-refractivity contribution in [3.63, 3.8) is 0 Å². The molecule has 2 heterocycles.